The van der Waals surface area contributed by atoms with Crippen LogP contribution in [-0.2, 0) is 15.1 Å². The molecule has 2 N–H and O–H groups in total. The monoisotopic (exact) mass is 462 g/mol. The van der Waals surface area contributed by atoms with Crippen LogP contribution in [0.15, 0.2) is 66.1 Å². The standard InChI is InChI=1S/C26H27FN4O3/c1-26(2,16-7-8-28-23(13-16)31-9-11-34-12-10-31)30-25(33)18-15-22-19(14-20(18)27)24(32)17-5-3-4-6-21(17)29-22/h3-8,13-15,19,22,29H,9-12H2,1-2H3,(H,30,33). The predicted octanol–water partition coefficient (Wildman–Crippen LogP) is 3.36. The molecule has 0 saturated carbocycles. The molecular weight excluding hydrogens is 435 g/mol. The summed E-state index contributed by atoms with van der Waals surface area (Å²) in [5, 5.41) is 6.22. The number of ether oxygens (including phenoxy) is 1. The molecule has 2 aliphatic heterocycles. The van der Waals surface area contributed by atoms with Crippen molar-refractivity contribution in [3.05, 3.63) is 77.3 Å². The van der Waals surface area contributed by atoms with E-state index < -0.39 is 29.2 Å². The van der Waals surface area contributed by atoms with Crippen LogP contribution in [0.1, 0.15) is 29.8 Å². The number of Topliss-reactive ketones (excluding diaryl/α,β-unsaturated/α-hetero) is 1. The van der Waals surface area contributed by atoms with Gasteiger partial charge in [0.15, 0.2) is 5.78 Å². The number of halogens is 1. The van der Waals surface area contributed by atoms with E-state index in [1.165, 1.54) is 12.2 Å². The maximum atomic E-state index is 15.0. The number of hydrogen-bond acceptors (Lipinski definition) is 6. The van der Waals surface area contributed by atoms with E-state index in [2.05, 4.69) is 20.5 Å². The van der Waals surface area contributed by atoms with E-state index in [0.717, 1.165) is 24.5 Å². The van der Waals surface area contributed by atoms with Crippen molar-refractivity contribution in [3.63, 3.8) is 0 Å². The van der Waals surface area contributed by atoms with Crippen LogP contribution in [0.2, 0.25) is 0 Å². The Hall–Kier alpha value is -3.52. The zero-order chi connectivity index (χ0) is 23.9. The van der Waals surface area contributed by atoms with Crippen molar-refractivity contribution in [1.29, 1.82) is 0 Å². The number of benzene rings is 1. The van der Waals surface area contributed by atoms with Crippen LogP contribution in [0.3, 0.4) is 0 Å². The number of pyridine rings is 1. The lowest BCUT2D eigenvalue weighted by atomic mass is 9.81. The molecule has 1 amide bonds. The lowest BCUT2D eigenvalue weighted by molar-refractivity contribution is -0.119. The van der Waals surface area contributed by atoms with Gasteiger partial charge in [-0.05, 0) is 55.8 Å². The highest BCUT2D eigenvalue weighted by Gasteiger charge is 2.38. The SMILES string of the molecule is CC(C)(NC(=O)C1=CC2Nc3ccccc3C(=O)C2C=C1F)c1ccnc(N2CCOCC2)c1. The molecule has 8 heteroatoms. The van der Waals surface area contributed by atoms with E-state index in [1.54, 1.807) is 18.3 Å². The highest BCUT2D eigenvalue weighted by atomic mass is 19.1. The van der Waals surface area contributed by atoms with Crippen molar-refractivity contribution in [2.75, 3.05) is 36.5 Å². The number of carbonyl (C=O) groups excluding carboxylic acids is 2. The maximum Gasteiger partial charge on any atom is 0.254 e. The van der Waals surface area contributed by atoms with Crippen LogP contribution in [0.5, 0.6) is 0 Å². The fourth-order valence-corrected chi connectivity index (χ4v) is 4.65. The Morgan fingerprint density at radius 2 is 1.97 bits per heavy atom. The molecule has 2 aromatic rings. The van der Waals surface area contributed by atoms with E-state index >= 15 is 4.39 Å². The first-order chi connectivity index (χ1) is 16.3. The van der Waals surface area contributed by atoms with Gasteiger partial charge in [0.1, 0.15) is 11.6 Å². The summed E-state index contributed by atoms with van der Waals surface area (Å²) >= 11 is 0. The van der Waals surface area contributed by atoms with E-state index in [4.69, 9.17) is 4.74 Å². The summed E-state index contributed by atoms with van der Waals surface area (Å²) in [5.41, 5.74) is 1.23. The summed E-state index contributed by atoms with van der Waals surface area (Å²) in [6.07, 6.45) is 4.49. The van der Waals surface area contributed by atoms with E-state index in [0.29, 0.717) is 24.5 Å². The second kappa shape index (κ2) is 8.68. The second-order valence-electron chi connectivity index (χ2n) is 9.28. The summed E-state index contributed by atoms with van der Waals surface area (Å²) in [4.78, 5) is 32.6. The molecule has 1 aromatic heterocycles. The number of morpholine rings is 1. The summed E-state index contributed by atoms with van der Waals surface area (Å²) in [6.45, 7) is 6.54. The Bertz CT molecular complexity index is 1200. The maximum absolute atomic E-state index is 15.0. The van der Waals surface area contributed by atoms with Gasteiger partial charge in [-0.3, -0.25) is 9.59 Å². The van der Waals surface area contributed by atoms with Crippen molar-refractivity contribution < 1.29 is 18.7 Å². The fourth-order valence-electron chi connectivity index (χ4n) is 4.65. The first-order valence-electron chi connectivity index (χ1n) is 11.4. The Balaban J connectivity index is 1.36. The van der Waals surface area contributed by atoms with Gasteiger partial charge in [-0.1, -0.05) is 12.1 Å². The van der Waals surface area contributed by atoms with Gasteiger partial charge in [0.05, 0.1) is 36.3 Å². The molecule has 2 atom stereocenters. The third kappa shape index (κ3) is 4.09. The average molecular weight is 463 g/mol. The normalized spacial score (nSPS) is 22.1. The number of nitrogens with zero attached hydrogens (tertiary/aromatic N) is 2. The molecule has 1 aromatic carbocycles. The van der Waals surface area contributed by atoms with Gasteiger partial charge in [0.25, 0.3) is 5.91 Å². The second-order valence-corrected chi connectivity index (χ2v) is 9.28. The van der Waals surface area contributed by atoms with Crippen molar-refractivity contribution in [1.82, 2.24) is 10.3 Å². The largest absolute Gasteiger partial charge is 0.378 e. The van der Waals surface area contributed by atoms with Crippen LogP contribution >= 0.6 is 0 Å². The average Bonchev–Trinajstić information content (AvgIpc) is 2.85. The molecular formula is C26H27FN4O3. The number of fused-ring (bicyclic) bond motifs is 2. The Labute approximate surface area is 197 Å². The summed E-state index contributed by atoms with van der Waals surface area (Å²) in [7, 11) is 0. The number of rotatable bonds is 4. The molecule has 1 saturated heterocycles. The molecule has 0 bridgehead atoms. The Morgan fingerprint density at radius 1 is 1.21 bits per heavy atom. The molecule has 7 nitrogen and oxygen atoms in total. The molecule has 1 aliphatic carbocycles. The van der Waals surface area contributed by atoms with Crippen molar-refractivity contribution in [2.24, 2.45) is 5.92 Å². The molecule has 34 heavy (non-hydrogen) atoms. The molecule has 3 heterocycles. The van der Waals surface area contributed by atoms with Crippen LogP contribution in [0, 0.1) is 5.92 Å². The number of ketones is 1. The minimum Gasteiger partial charge on any atom is -0.378 e. The number of para-hydroxylation sites is 1. The minimum atomic E-state index is -0.776. The topological polar surface area (TPSA) is 83.6 Å². The molecule has 1 fully saturated rings. The number of nitrogens with one attached hydrogen (secondary N) is 2. The predicted molar refractivity (Wildman–Crippen MR) is 127 cm³/mol. The molecule has 0 spiro atoms. The summed E-state index contributed by atoms with van der Waals surface area (Å²) in [5.74, 6) is -1.24. The highest BCUT2D eigenvalue weighted by molar-refractivity contribution is 6.07. The van der Waals surface area contributed by atoms with Crippen LogP contribution < -0.4 is 15.5 Å². The van der Waals surface area contributed by atoms with Crippen LogP contribution in [0.25, 0.3) is 0 Å². The van der Waals surface area contributed by atoms with E-state index in [-0.39, 0.29) is 11.4 Å². The lowest BCUT2D eigenvalue weighted by Crippen LogP contribution is -2.44. The number of hydrogen-bond donors (Lipinski definition) is 2. The summed E-state index contributed by atoms with van der Waals surface area (Å²) in [6, 6.07) is 10.5. The molecule has 3 aliphatic rings. The molecule has 176 valence electrons. The molecule has 0 radical (unpaired) electrons. The van der Waals surface area contributed by atoms with Gasteiger partial charge in [-0.2, -0.15) is 0 Å². The number of aromatic nitrogens is 1. The third-order valence-corrected chi connectivity index (χ3v) is 6.61. The number of carbonyl (C=O) groups is 2. The smallest absolute Gasteiger partial charge is 0.254 e. The molecule has 2 unspecified atom stereocenters. The van der Waals surface area contributed by atoms with Gasteiger partial charge in [0.2, 0.25) is 0 Å². The summed E-state index contributed by atoms with van der Waals surface area (Å²) < 4.78 is 20.4. The first-order valence-corrected chi connectivity index (χ1v) is 11.4. The zero-order valence-electron chi connectivity index (χ0n) is 19.2. The minimum absolute atomic E-state index is 0.0727. The first kappa shape index (κ1) is 22.3. The lowest BCUT2D eigenvalue weighted by Gasteiger charge is -2.34. The van der Waals surface area contributed by atoms with Crippen molar-refractivity contribution >= 4 is 23.2 Å². The number of amides is 1. The highest BCUT2D eigenvalue weighted by Crippen LogP contribution is 2.35. The van der Waals surface area contributed by atoms with Crippen LogP contribution in [-0.4, -0.2) is 49.0 Å². The van der Waals surface area contributed by atoms with Gasteiger partial charge in [0, 0.05) is 30.5 Å². The third-order valence-electron chi connectivity index (χ3n) is 6.61. The van der Waals surface area contributed by atoms with E-state index in [9.17, 15) is 9.59 Å². The van der Waals surface area contributed by atoms with Gasteiger partial charge in [-0.25, -0.2) is 9.37 Å². The van der Waals surface area contributed by atoms with E-state index in [1.807, 2.05) is 38.1 Å². The zero-order valence-corrected chi connectivity index (χ0v) is 19.2. The molecule has 5 rings (SSSR count). The van der Waals surface area contributed by atoms with Crippen molar-refractivity contribution in [3.8, 4) is 0 Å². The van der Waals surface area contributed by atoms with Crippen LogP contribution in [0.4, 0.5) is 15.9 Å². The Kier molecular flexibility index (Phi) is 5.69. The number of anilines is 2. The van der Waals surface area contributed by atoms with Gasteiger partial charge >= 0.3 is 0 Å². The quantitative estimate of drug-likeness (QED) is 0.725. The van der Waals surface area contributed by atoms with Gasteiger partial charge in [-0.15, -0.1) is 0 Å². The van der Waals surface area contributed by atoms with Gasteiger partial charge < -0.3 is 20.3 Å². The fraction of sp³-hybridized carbons (Fsp3) is 0.346. The van der Waals surface area contributed by atoms with Crippen molar-refractivity contribution in [2.45, 2.75) is 25.4 Å². The Morgan fingerprint density at radius 3 is 2.76 bits per heavy atom.